The molecule has 2 fully saturated rings. The summed E-state index contributed by atoms with van der Waals surface area (Å²) >= 11 is -1.65. The van der Waals surface area contributed by atoms with Crippen molar-refractivity contribution < 1.29 is 41.7 Å². The van der Waals surface area contributed by atoms with E-state index in [1.807, 2.05) is 0 Å². The maximum absolute atomic E-state index is 4.93. The monoisotopic (exact) mass is 1090 g/mol. The second kappa shape index (κ2) is 29.9. The van der Waals surface area contributed by atoms with Crippen molar-refractivity contribution >= 4 is 65.1 Å². The third-order valence-corrected chi connectivity index (χ3v) is 13.5. The van der Waals surface area contributed by atoms with Gasteiger partial charge >= 0.3 is 75.7 Å². The standard InChI is InChI=1S/2C27H33.C2H4Si.4ClH.2Zr/c2*1-3-15-27(16-6-5-7-17-27)20-22-18-24-9-8-10-25(26(24)19-22)23-13-11-21(4-2)12-14-23;1-3-2;;;;;;/h2*8-14,18-19H,3-7,15-17,20H2,1-2H3;1-2H2;4*1H;;/q2*-1;-2;;;;;2*+4/p-4. The molecule has 6 aromatic carbocycles. The van der Waals surface area contributed by atoms with Crippen LogP contribution in [0.25, 0.3) is 43.8 Å². The molecule has 7 heteroatoms. The molecule has 63 heavy (non-hydrogen) atoms. The molecule has 0 amide bonds. The van der Waals surface area contributed by atoms with Crippen LogP contribution >= 0.6 is 34.1 Å². The zero-order valence-corrected chi connectivity index (χ0v) is 47.5. The van der Waals surface area contributed by atoms with Crippen molar-refractivity contribution in [3.05, 3.63) is 145 Å². The Balaban J connectivity index is 0.000000233. The van der Waals surface area contributed by atoms with Gasteiger partial charge in [0.25, 0.3) is 0 Å². The minimum absolute atomic E-state index is 0.556. The van der Waals surface area contributed by atoms with E-state index < -0.39 is 41.7 Å². The Kier molecular flexibility index (Phi) is 26.0. The Hall–Kier alpha value is -0.757. The van der Waals surface area contributed by atoms with Crippen molar-refractivity contribution in [1.29, 1.82) is 0 Å². The van der Waals surface area contributed by atoms with Gasteiger partial charge in [0.1, 0.15) is 0 Å². The second-order valence-electron chi connectivity index (χ2n) is 17.8. The summed E-state index contributed by atoms with van der Waals surface area (Å²) in [5.41, 5.74) is 12.5. The van der Waals surface area contributed by atoms with Crippen molar-refractivity contribution in [3.8, 4) is 22.3 Å². The van der Waals surface area contributed by atoms with Crippen LogP contribution in [0.2, 0.25) is 0 Å². The first-order valence-electron chi connectivity index (χ1n) is 23.5. The molecule has 0 nitrogen and oxygen atoms in total. The summed E-state index contributed by atoms with van der Waals surface area (Å²) in [6.45, 7) is 16.0. The van der Waals surface area contributed by atoms with Crippen molar-refractivity contribution in [2.45, 2.75) is 143 Å². The molecule has 0 heterocycles. The molecule has 2 aliphatic rings. The number of benzene rings is 4. The Bertz CT molecular complexity index is 1970. The molecule has 2 radical (unpaired) electrons. The van der Waals surface area contributed by atoms with E-state index in [2.05, 4.69) is 150 Å². The predicted octanol–water partition coefficient (Wildman–Crippen LogP) is 19.2. The molecule has 0 saturated heterocycles. The first kappa shape index (κ1) is 54.8. The summed E-state index contributed by atoms with van der Waals surface area (Å²) in [6.07, 6.45) is 24.4. The Morgan fingerprint density at radius 2 is 0.857 bits per heavy atom. The number of hydrogen-bond donors (Lipinski definition) is 0. The van der Waals surface area contributed by atoms with Crippen LogP contribution < -0.4 is 0 Å². The van der Waals surface area contributed by atoms with E-state index in [1.54, 1.807) is 11.1 Å². The first-order valence-corrected chi connectivity index (χ1v) is 37.5. The summed E-state index contributed by atoms with van der Waals surface area (Å²) < 4.78 is 0. The van der Waals surface area contributed by atoms with E-state index >= 15 is 0 Å². The van der Waals surface area contributed by atoms with Gasteiger partial charge < -0.3 is 22.6 Å². The molecule has 0 N–H and O–H groups in total. The first-order chi connectivity index (χ1) is 30.7. The Labute approximate surface area is 423 Å². The molecule has 2 saturated carbocycles. The van der Waals surface area contributed by atoms with Gasteiger partial charge in [0.2, 0.25) is 0 Å². The van der Waals surface area contributed by atoms with Crippen LogP contribution in [-0.4, -0.2) is 9.52 Å². The average Bonchev–Trinajstić information content (AvgIpc) is 3.91. The molecule has 0 aromatic heterocycles. The van der Waals surface area contributed by atoms with Crippen molar-refractivity contribution in [2.24, 2.45) is 10.8 Å². The molecule has 8 rings (SSSR count). The van der Waals surface area contributed by atoms with Crippen LogP contribution in [0.5, 0.6) is 0 Å². The topological polar surface area (TPSA) is 0 Å². The second-order valence-corrected chi connectivity index (χ2v) is 25.8. The fourth-order valence-electron chi connectivity index (χ4n) is 10.7. The zero-order chi connectivity index (χ0) is 45.5. The summed E-state index contributed by atoms with van der Waals surface area (Å²) in [5, 5.41) is 5.67. The van der Waals surface area contributed by atoms with Gasteiger partial charge in [0.05, 0.1) is 0 Å². The van der Waals surface area contributed by atoms with E-state index in [0.29, 0.717) is 20.3 Å². The molecular formula is C56H70Cl4SiZr2. The summed E-state index contributed by atoms with van der Waals surface area (Å²) in [7, 11) is 20.3. The van der Waals surface area contributed by atoms with Crippen molar-refractivity contribution in [3.63, 3.8) is 0 Å². The molecule has 0 atom stereocenters. The predicted molar refractivity (Wildman–Crippen MR) is 277 cm³/mol. The van der Waals surface area contributed by atoms with E-state index in [-0.39, 0.29) is 0 Å². The summed E-state index contributed by atoms with van der Waals surface area (Å²) in [5.74, 6) is 0. The van der Waals surface area contributed by atoms with E-state index in [1.165, 1.54) is 158 Å². The van der Waals surface area contributed by atoms with Gasteiger partial charge in [0.15, 0.2) is 0 Å². The van der Waals surface area contributed by atoms with Crippen LogP contribution in [0.15, 0.2) is 109 Å². The van der Waals surface area contributed by atoms with Gasteiger partial charge in [-0.15, -0.1) is 69.1 Å². The van der Waals surface area contributed by atoms with Gasteiger partial charge in [-0.2, -0.15) is 12.1 Å². The fraction of sp³-hybridized carbons (Fsp3) is 0.429. The summed E-state index contributed by atoms with van der Waals surface area (Å²) in [4.78, 5) is 0. The molecule has 334 valence electrons. The number of halogens is 4. The molecule has 0 spiro atoms. The van der Waals surface area contributed by atoms with E-state index in [4.69, 9.17) is 34.1 Å². The Morgan fingerprint density at radius 1 is 0.524 bits per heavy atom. The third-order valence-electron chi connectivity index (χ3n) is 13.5. The van der Waals surface area contributed by atoms with Gasteiger partial charge in [-0.1, -0.05) is 151 Å². The van der Waals surface area contributed by atoms with Crippen LogP contribution in [0.3, 0.4) is 0 Å². The normalized spacial score (nSPS) is 14.9. The number of hydrogen-bond acceptors (Lipinski definition) is 0. The van der Waals surface area contributed by atoms with Crippen LogP contribution in [0, 0.1) is 23.9 Å². The number of aryl methyl sites for hydroxylation is 2. The van der Waals surface area contributed by atoms with Gasteiger partial charge in [0, 0.05) is 0 Å². The van der Waals surface area contributed by atoms with Crippen LogP contribution in [0.4, 0.5) is 0 Å². The minimum atomic E-state index is -0.826. The average molecular weight is 1100 g/mol. The molecule has 2 aliphatic carbocycles. The van der Waals surface area contributed by atoms with Crippen molar-refractivity contribution in [2.75, 3.05) is 0 Å². The van der Waals surface area contributed by atoms with Gasteiger partial charge in [-0.3, -0.25) is 0 Å². The van der Waals surface area contributed by atoms with E-state index in [0.717, 1.165) is 12.8 Å². The number of rotatable bonds is 12. The van der Waals surface area contributed by atoms with Crippen molar-refractivity contribution in [1.82, 2.24) is 0 Å². The van der Waals surface area contributed by atoms with E-state index in [9.17, 15) is 0 Å². The SMILES string of the molecule is CCCC1(Cc2cc3c(-c4ccc(CC)cc4)cccc3[cH-]2)CCCCC1.CCCC1(Cc2cc3c(-c4ccc(CC)cc4)cccc3[cH-]2)CCCCC1.[CH2-][Si][CH2-].[Cl][Zr+2][Cl].[Cl][Zr+2][Cl]. The van der Waals surface area contributed by atoms with Crippen LogP contribution in [0.1, 0.15) is 140 Å². The quantitative estimate of drug-likeness (QED) is 0.0846. The molecular weight excluding hydrogens is 1020 g/mol. The Morgan fingerprint density at radius 3 is 1.16 bits per heavy atom. The van der Waals surface area contributed by atoms with Gasteiger partial charge in [-0.25, -0.2) is 0 Å². The third kappa shape index (κ3) is 16.8. The zero-order valence-electron chi connectivity index (χ0n) is 38.5. The molecule has 0 unspecified atom stereocenters. The molecule has 0 bridgehead atoms. The molecule has 6 aromatic rings. The maximum atomic E-state index is 4.93. The molecule has 0 aliphatic heterocycles. The number of fused-ring (bicyclic) bond motifs is 2. The van der Waals surface area contributed by atoms with Gasteiger partial charge in [-0.05, 0) is 97.3 Å². The fourth-order valence-corrected chi connectivity index (χ4v) is 10.7. The summed E-state index contributed by atoms with van der Waals surface area (Å²) in [6, 6.07) is 41.8. The van der Waals surface area contributed by atoms with Crippen LogP contribution in [-0.2, 0) is 67.4 Å².